The van der Waals surface area contributed by atoms with Crippen LogP contribution in [0.4, 0.5) is 0 Å². The minimum atomic E-state index is -0.909. The zero-order valence-corrected chi connectivity index (χ0v) is 26.4. The summed E-state index contributed by atoms with van der Waals surface area (Å²) in [5.41, 5.74) is 0. The van der Waals surface area contributed by atoms with Crippen molar-refractivity contribution in [2.45, 2.75) is 71.1 Å². The molecular formula is C36H71O2-. The second kappa shape index (κ2) is 399. The summed E-state index contributed by atoms with van der Waals surface area (Å²) >= 11 is 0. The van der Waals surface area contributed by atoms with Crippen LogP contribution in [0, 0.1) is 0 Å². The van der Waals surface area contributed by atoms with Crippen molar-refractivity contribution in [1.29, 1.82) is 0 Å². The highest BCUT2D eigenvalue weighted by molar-refractivity contribution is 5.63. The smallest absolute Gasteiger partial charge is 0.0414 e. The van der Waals surface area contributed by atoms with Crippen molar-refractivity contribution >= 4 is 5.97 Å². The molecule has 228 valence electrons. The zero-order chi connectivity index (χ0) is 34.6. The summed E-state index contributed by atoms with van der Waals surface area (Å²) in [6.45, 7) is 74.2. The van der Waals surface area contributed by atoms with Crippen LogP contribution in [0.1, 0.15) is 71.1 Å². The van der Waals surface area contributed by atoms with Gasteiger partial charge in [0.25, 0.3) is 0 Å². The average Bonchev–Trinajstić information content (AvgIpc) is 3.08. The third-order valence-corrected chi connectivity index (χ3v) is 2.48. The first-order chi connectivity index (χ1) is 18.8. The van der Waals surface area contributed by atoms with Gasteiger partial charge in [-0.3, -0.25) is 0 Å². The maximum absolute atomic E-state index is 10.1. The van der Waals surface area contributed by atoms with Crippen LogP contribution in [0.25, 0.3) is 0 Å². The van der Waals surface area contributed by atoms with Crippen LogP contribution < -0.4 is 5.11 Å². The molecule has 0 fully saturated rings. The molecule has 0 aromatic rings. The van der Waals surface area contributed by atoms with Gasteiger partial charge in [0.2, 0.25) is 0 Å². The molecule has 0 rings (SSSR count). The highest BCUT2D eigenvalue weighted by Gasteiger charge is 1.92. The molecule has 0 unspecified atom stereocenters. The van der Waals surface area contributed by atoms with E-state index in [1.165, 1.54) is 44.9 Å². The predicted octanol–water partition coefficient (Wildman–Crippen LogP) is 12.3. The number of aliphatic carboxylic acids is 1. The lowest BCUT2D eigenvalue weighted by atomic mass is 10.1. The van der Waals surface area contributed by atoms with Crippen LogP contribution in [-0.2, 0) is 4.79 Å². The minimum absolute atomic E-state index is 0.232. The first-order valence-electron chi connectivity index (χ1n) is 12.0. The molecule has 0 amide bonds. The van der Waals surface area contributed by atoms with Crippen molar-refractivity contribution in [2.24, 2.45) is 0 Å². The summed E-state index contributed by atoms with van der Waals surface area (Å²) in [5.74, 6) is -0.909. The molecule has 2 nitrogen and oxygen atoms in total. The normalized spacial score (nSPS) is 5.08. The Hall–Kier alpha value is -3.65. The molecule has 0 aliphatic heterocycles. The van der Waals surface area contributed by atoms with E-state index in [1.54, 1.807) is 0 Å². The maximum atomic E-state index is 10.1. The molecule has 2 heteroatoms. The molecule has 0 aromatic carbocycles. The third kappa shape index (κ3) is 589. The van der Waals surface area contributed by atoms with Crippen molar-refractivity contribution in [3.63, 3.8) is 0 Å². The Bertz CT molecular complexity index is 233. The number of rotatable bonds is 10. The predicted molar refractivity (Wildman–Crippen MR) is 192 cm³/mol. The van der Waals surface area contributed by atoms with E-state index < -0.39 is 5.97 Å². The molecule has 0 atom stereocenters. The fraction of sp³-hybridized carbons (Fsp3) is 0.306. The largest absolute Gasteiger partial charge is 0.550 e. The molecule has 0 spiro atoms. The van der Waals surface area contributed by atoms with E-state index in [0.29, 0.717) is 0 Å². The van der Waals surface area contributed by atoms with E-state index in [4.69, 9.17) is 0 Å². The Labute approximate surface area is 244 Å². The lowest BCUT2D eigenvalue weighted by Crippen LogP contribution is -2.21. The van der Waals surface area contributed by atoms with Gasteiger partial charge >= 0.3 is 0 Å². The second-order valence-corrected chi connectivity index (χ2v) is 3.95. The SMILES string of the molecule is C=C.C=C.C=C.C=C.C=C.C=C.C=C.C=C.C=C.C=C.C=C.C=C.CCCCCCCCCCCC(=O)[O-]. The molecule has 0 saturated carbocycles. The lowest BCUT2D eigenvalue weighted by molar-refractivity contribution is -0.305. The topological polar surface area (TPSA) is 40.1 Å². The molecule has 0 aromatic heterocycles. The number of carbonyl (C=O) groups excluding carboxylic acids is 1. The van der Waals surface area contributed by atoms with Crippen molar-refractivity contribution in [1.82, 2.24) is 0 Å². The van der Waals surface area contributed by atoms with Gasteiger partial charge in [0.15, 0.2) is 0 Å². The maximum Gasteiger partial charge on any atom is 0.0414 e. The molecule has 0 aliphatic rings. The standard InChI is InChI=1S/C12H24O2.12C2H4/c1-2-3-4-5-6-7-8-9-10-11-12(13)14;12*1-2/h2-11H2,1H3,(H,13,14);12*1-2H2/p-1. The number of hydrogen-bond acceptors (Lipinski definition) is 2. The van der Waals surface area contributed by atoms with E-state index in [2.05, 4.69) is 165 Å². The Morgan fingerprint density at radius 1 is 0.368 bits per heavy atom. The van der Waals surface area contributed by atoms with Gasteiger partial charge in [-0.1, -0.05) is 58.3 Å². The highest BCUT2D eigenvalue weighted by Crippen LogP contribution is 2.10. The number of carboxylic acids is 1. The quantitative estimate of drug-likeness (QED) is 0.206. The van der Waals surface area contributed by atoms with Gasteiger partial charge in [0, 0.05) is 5.97 Å². The van der Waals surface area contributed by atoms with E-state index in [-0.39, 0.29) is 6.42 Å². The lowest BCUT2D eigenvalue weighted by Gasteiger charge is -2.02. The first kappa shape index (κ1) is 83.8. The summed E-state index contributed by atoms with van der Waals surface area (Å²) in [5, 5.41) is 10.1. The number of hydrogen-bond donors (Lipinski definition) is 0. The number of carboxylic acid groups (broad SMARTS) is 1. The summed E-state index contributed by atoms with van der Waals surface area (Å²) in [4.78, 5) is 10.1. The van der Waals surface area contributed by atoms with E-state index in [0.717, 1.165) is 12.8 Å². The number of unbranched alkanes of at least 4 members (excludes halogenated alkanes) is 8. The van der Waals surface area contributed by atoms with Crippen LogP contribution in [0.5, 0.6) is 0 Å². The van der Waals surface area contributed by atoms with Crippen LogP contribution >= 0.6 is 0 Å². The molecule has 0 heterocycles. The molecule has 0 N–H and O–H groups in total. The average molecular weight is 536 g/mol. The Morgan fingerprint density at radius 2 is 0.526 bits per heavy atom. The van der Waals surface area contributed by atoms with Crippen LogP contribution in [-0.4, -0.2) is 5.97 Å². The van der Waals surface area contributed by atoms with E-state index in [9.17, 15) is 9.90 Å². The monoisotopic (exact) mass is 536 g/mol. The molecule has 0 radical (unpaired) electrons. The summed E-state index contributed by atoms with van der Waals surface area (Å²) in [6, 6.07) is 0. The van der Waals surface area contributed by atoms with Crippen LogP contribution in [0.3, 0.4) is 0 Å². The molecular weight excluding hydrogens is 464 g/mol. The molecule has 0 aliphatic carbocycles. The van der Waals surface area contributed by atoms with Gasteiger partial charge in [-0.15, -0.1) is 158 Å². The van der Waals surface area contributed by atoms with Crippen molar-refractivity contribution < 1.29 is 9.90 Å². The van der Waals surface area contributed by atoms with Crippen molar-refractivity contribution in [3.8, 4) is 0 Å². The van der Waals surface area contributed by atoms with Gasteiger partial charge in [-0.2, -0.15) is 0 Å². The fourth-order valence-electron chi connectivity index (χ4n) is 1.58. The number of carbonyl (C=O) groups is 1. The van der Waals surface area contributed by atoms with Gasteiger partial charge in [-0.05, 0) is 12.8 Å². The zero-order valence-electron chi connectivity index (χ0n) is 26.4. The first-order valence-corrected chi connectivity index (χ1v) is 12.0. The Kier molecular flexibility index (Phi) is 881. The summed E-state index contributed by atoms with van der Waals surface area (Å²) in [6.07, 6.45) is 11.2. The second-order valence-electron chi connectivity index (χ2n) is 3.95. The summed E-state index contributed by atoms with van der Waals surface area (Å²) < 4.78 is 0. The molecule has 0 bridgehead atoms. The van der Waals surface area contributed by atoms with Gasteiger partial charge in [-0.25, -0.2) is 0 Å². The third-order valence-electron chi connectivity index (χ3n) is 2.48. The minimum Gasteiger partial charge on any atom is -0.550 e. The van der Waals surface area contributed by atoms with Gasteiger partial charge in [0.1, 0.15) is 0 Å². The molecule has 0 saturated heterocycles. The highest BCUT2D eigenvalue weighted by atomic mass is 16.4. The van der Waals surface area contributed by atoms with Gasteiger partial charge < -0.3 is 9.90 Å². The Morgan fingerprint density at radius 3 is 0.684 bits per heavy atom. The summed E-state index contributed by atoms with van der Waals surface area (Å²) in [7, 11) is 0. The fourth-order valence-corrected chi connectivity index (χ4v) is 1.58. The Balaban J connectivity index is -0.0000000199. The van der Waals surface area contributed by atoms with Crippen LogP contribution in [0.2, 0.25) is 0 Å². The van der Waals surface area contributed by atoms with Gasteiger partial charge in [0.05, 0.1) is 0 Å². The van der Waals surface area contributed by atoms with Crippen LogP contribution in [0.15, 0.2) is 158 Å². The van der Waals surface area contributed by atoms with E-state index >= 15 is 0 Å². The van der Waals surface area contributed by atoms with E-state index in [1.807, 2.05) is 0 Å². The van der Waals surface area contributed by atoms with Crippen molar-refractivity contribution in [3.05, 3.63) is 158 Å². The molecule has 38 heavy (non-hydrogen) atoms. The van der Waals surface area contributed by atoms with Crippen molar-refractivity contribution in [2.75, 3.05) is 0 Å².